The highest BCUT2D eigenvalue weighted by molar-refractivity contribution is 5.91. The molecule has 132 valence electrons. The van der Waals surface area contributed by atoms with Gasteiger partial charge in [-0.25, -0.2) is 9.67 Å². The van der Waals surface area contributed by atoms with Crippen LogP contribution < -0.4 is 5.32 Å². The maximum absolute atomic E-state index is 12.8. The number of hydrogen-bond donors (Lipinski definition) is 1. The Kier molecular flexibility index (Phi) is 4.29. The number of nitrogens with zero attached hydrogens (tertiary/aromatic N) is 3. The second kappa shape index (κ2) is 6.75. The lowest BCUT2D eigenvalue weighted by Crippen LogP contribution is -2.34. The molecule has 1 saturated carbocycles. The molecule has 3 aromatic rings. The second-order valence-electron chi connectivity index (χ2n) is 7.05. The Morgan fingerprint density at radius 1 is 1.15 bits per heavy atom. The molecule has 0 radical (unpaired) electrons. The number of benzene rings is 2. The van der Waals surface area contributed by atoms with Crippen LogP contribution in [0.1, 0.15) is 35.1 Å². The van der Waals surface area contributed by atoms with Crippen LogP contribution in [-0.4, -0.2) is 20.7 Å². The zero-order chi connectivity index (χ0) is 18.0. The van der Waals surface area contributed by atoms with Crippen molar-refractivity contribution >= 4 is 5.91 Å². The van der Waals surface area contributed by atoms with E-state index in [0.717, 1.165) is 29.5 Å². The fourth-order valence-corrected chi connectivity index (χ4v) is 3.41. The van der Waals surface area contributed by atoms with Gasteiger partial charge >= 0.3 is 0 Å². The van der Waals surface area contributed by atoms with Crippen molar-refractivity contribution in [2.24, 2.45) is 0 Å². The van der Waals surface area contributed by atoms with Gasteiger partial charge in [0, 0.05) is 6.54 Å². The zero-order valence-electron chi connectivity index (χ0n) is 14.9. The number of carbonyl (C=O) groups is 1. The summed E-state index contributed by atoms with van der Waals surface area (Å²) in [6, 6.07) is 16.5. The van der Waals surface area contributed by atoms with Crippen LogP contribution in [0.3, 0.4) is 0 Å². The van der Waals surface area contributed by atoms with Crippen LogP contribution in [0, 0.1) is 6.92 Å². The molecule has 1 N–H and O–H groups in total. The van der Waals surface area contributed by atoms with E-state index in [1.807, 2.05) is 18.2 Å². The van der Waals surface area contributed by atoms with Gasteiger partial charge < -0.3 is 5.32 Å². The summed E-state index contributed by atoms with van der Waals surface area (Å²) in [6.45, 7) is 3.28. The van der Waals surface area contributed by atoms with Crippen molar-refractivity contribution in [1.29, 1.82) is 0 Å². The van der Waals surface area contributed by atoms with E-state index in [4.69, 9.17) is 0 Å². The van der Waals surface area contributed by atoms with E-state index in [-0.39, 0.29) is 11.3 Å². The molecule has 1 fully saturated rings. The van der Waals surface area contributed by atoms with Crippen molar-refractivity contribution in [2.75, 3.05) is 0 Å². The van der Waals surface area contributed by atoms with Gasteiger partial charge in [-0.15, -0.1) is 0 Å². The highest BCUT2D eigenvalue weighted by atomic mass is 16.2. The number of nitrogens with one attached hydrogen (secondary N) is 1. The van der Waals surface area contributed by atoms with E-state index >= 15 is 0 Å². The van der Waals surface area contributed by atoms with Crippen LogP contribution >= 0.6 is 0 Å². The summed E-state index contributed by atoms with van der Waals surface area (Å²) >= 11 is 0. The summed E-state index contributed by atoms with van der Waals surface area (Å²) < 4.78 is 1.79. The molecule has 1 aliphatic rings. The summed E-state index contributed by atoms with van der Waals surface area (Å²) in [4.78, 5) is 16.8. The van der Waals surface area contributed by atoms with Crippen LogP contribution in [0.15, 0.2) is 61.2 Å². The van der Waals surface area contributed by atoms with Crippen molar-refractivity contribution in [3.8, 4) is 0 Å². The minimum absolute atomic E-state index is 0.129. The van der Waals surface area contributed by atoms with Crippen molar-refractivity contribution in [2.45, 2.75) is 38.3 Å². The number of carbonyl (C=O) groups excluding carboxylic acids is 1. The Balaban J connectivity index is 1.42. The largest absolute Gasteiger partial charge is 0.351 e. The van der Waals surface area contributed by atoms with Gasteiger partial charge in [-0.3, -0.25) is 4.79 Å². The number of aromatic nitrogens is 3. The smallest absolute Gasteiger partial charge is 0.230 e. The summed E-state index contributed by atoms with van der Waals surface area (Å²) in [5.41, 5.74) is 4.24. The minimum atomic E-state index is -0.329. The number of aryl methyl sites for hydroxylation is 1. The van der Waals surface area contributed by atoms with E-state index < -0.39 is 0 Å². The Bertz CT molecular complexity index is 913. The fourth-order valence-electron chi connectivity index (χ4n) is 3.41. The molecular weight excluding hydrogens is 324 g/mol. The molecular formula is C21H22N4O. The van der Waals surface area contributed by atoms with Gasteiger partial charge in [0.2, 0.25) is 5.91 Å². The van der Waals surface area contributed by atoms with Crippen LogP contribution in [0.5, 0.6) is 0 Å². The van der Waals surface area contributed by atoms with Gasteiger partial charge in [0.1, 0.15) is 12.7 Å². The highest BCUT2D eigenvalue weighted by Crippen LogP contribution is 2.48. The Labute approximate surface area is 153 Å². The normalized spacial score (nSPS) is 14.8. The average molecular weight is 346 g/mol. The topological polar surface area (TPSA) is 59.8 Å². The molecule has 5 nitrogen and oxygen atoms in total. The van der Waals surface area contributed by atoms with Crippen molar-refractivity contribution in [3.63, 3.8) is 0 Å². The molecule has 5 heteroatoms. The molecule has 4 rings (SSSR count). The first-order chi connectivity index (χ1) is 12.7. The van der Waals surface area contributed by atoms with Crippen molar-refractivity contribution < 1.29 is 4.79 Å². The molecule has 0 spiro atoms. The summed E-state index contributed by atoms with van der Waals surface area (Å²) in [5, 5.41) is 7.26. The SMILES string of the molecule is Cc1cccc(C2(C(=O)NCc3cccc(Cn4cncn4)c3)CC2)c1. The lowest BCUT2D eigenvalue weighted by molar-refractivity contribution is -0.123. The van der Waals surface area contributed by atoms with Gasteiger partial charge in [-0.1, -0.05) is 54.1 Å². The van der Waals surface area contributed by atoms with Crippen molar-refractivity contribution in [3.05, 3.63) is 83.4 Å². The first kappa shape index (κ1) is 16.5. The maximum Gasteiger partial charge on any atom is 0.230 e. The first-order valence-corrected chi connectivity index (χ1v) is 8.91. The summed E-state index contributed by atoms with van der Waals surface area (Å²) in [6.07, 6.45) is 5.08. The number of amides is 1. The van der Waals surface area contributed by atoms with E-state index in [2.05, 4.69) is 52.7 Å². The predicted octanol–water partition coefficient (Wildman–Crippen LogP) is 2.98. The molecule has 1 heterocycles. The molecule has 2 aromatic carbocycles. The number of rotatable bonds is 6. The summed E-state index contributed by atoms with van der Waals surface area (Å²) in [5.74, 6) is 0.129. The van der Waals surface area contributed by atoms with E-state index in [0.29, 0.717) is 13.1 Å². The van der Waals surface area contributed by atoms with Crippen molar-refractivity contribution in [1.82, 2.24) is 20.1 Å². The molecule has 0 aliphatic heterocycles. The first-order valence-electron chi connectivity index (χ1n) is 8.91. The number of hydrogen-bond acceptors (Lipinski definition) is 3. The molecule has 0 saturated heterocycles. The van der Waals surface area contributed by atoms with E-state index in [1.165, 1.54) is 11.9 Å². The van der Waals surface area contributed by atoms with Crippen LogP contribution in [0.4, 0.5) is 0 Å². The average Bonchev–Trinajstić information content (AvgIpc) is 3.31. The molecule has 1 amide bonds. The molecule has 1 aliphatic carbocycles. The molecule has 0 unspecified atom stereocenters. The van der Waals surface area contributed by atoms with E-state index in [1.54, 1.807) is 11.0 Å². The van der Waals surface area contributed by atoms with Crippen LogP contribution in [0.2, 0.25) is 0 Å². The highest BCUT2D eigenvalue weighted by Gasteiger charge is 2.51. The Morgan fingerprint density at radius 3 is 2.69 bits per heavy atom. The molecule has 1 aromatic heterocycles. The maximum atomic E-state index is 12.8. The third-order valence-electron chi connectivity index (χ3n) is 5.01. The summed E-state index contributed by atoms with van der Waals surface area (Å²) in [7, 11) is 0. The minimum Gasteiger partial charge on any atom is -0.351 e. The fraction of sp³-hybridized carbons (Fsp3) is 0.286. The van der Waals surface area contributed by atoms with Gasteiger partial charge in [-0.2, -0.15) is 5.10 Å². The lowest BCUT2D eigenvalue weighted by Gasteiger charge is -2.16. The molecule has 26 heavy (non-hydrogen) atoms. The second-order valence-corrected chi connectivity index (χ2v) is 7.05. The lowest BCUT2D eigenvalue weighted by atomic mass is 9.93. The van der Waals surface area contributed by atoms with Gasteiger partial charge in [0.25, 0.3) is 0 Å². The molecule has 0 bridgehead atoms. The monoisotopic (exact) mass is 346 g/mol. The van der Waals surface area contributed by atoms with Crippen LogP contribution in [-0.2, 0) is 23.3 Å². The standard InChI is InChI=1S/C21H22N4O/c1-16-4-2-7-19(10-16)21(8-9-21)20(26)23-12-17-5-3-6-18(11-17)13-25-15-22-14-24-25/h2-7,10-11,14-15H,8-9,12-13H2,1H3,(H,23,26). The molecule has 0 atom stereocenters. The van der Waals surface area contributed by atoms with Gasteiger partial charge in [-0.05, 0) is 36.5 Å². The van der Waals surface area contributed by atoms with Crippen LogP contribution in [0.25, 0.3) is 0 Å². The van der Waals surface area contributed by atoms with Gasteiger partial charge in [0.15, 0.2) is 0 Å². The third kappa shape index (κ3) is 3.38. The van der Waals surface area contributed by atoms with E-state index in [9.17, 15) is 4.79 Å². The third-order valence-corrected chi connectivity index (χ3v) is 5.01. The van der Waals surface area contributed by atoms with Gasteiger partial charge in [0.05, 0.1) is 12.0 Å². The predicted molar refractivity (Wildman–Crippen MR) is 99.5 cm³/mol. The Morgan fingerprint density at radius 2 is 1.96 bits per heavy atom. The Hall–Kier alpha value is -2.95. The quantitative estimate of drug-likeness (QED) is 0.746. The zero-order valence-corrected chi connectivity index (χ0v) is 14.9.